The molecule has 11 heteroatoms. The average molecular weight is 461 g/mol. The first-order valence-corrected chi connectivity index (χ1v) is 9.10. The second-order valence-electron chi connectivity index (χ2n) is 5.72. The van der Waals surface area contributed by atoms with Gasteiger partial charge in [0.1, 0.15) is 5.69 Å². The molecule has 0 spiro atoms. The molecular weight excluding hydrogens is 446 g/mol. The Labute approximate surface area is 174 Å². The second kappa shape index (κ2) is 8.92. The number of hydrogen-bond acceptors (Lipinski definition) is 3. The van der Waals surface area contributed by atoms with Crippen LogP contribution in [0, 0.1) is 0 Å². The van der Waals surface area contributed by atoms with Gasteiger partial charge in [0.2, 0.25) is 0 Å². The summed E-state index contributed by atoms with van der Waals surface area (Å²) >= 11 is 24.4. The molecular formula is C16H15Cl4F2N3O2. The van der Waals surface area contributed by atoms with Crippen molar-refractivity contribution in [1.82, 2.24) is 14.8 Å². The standard InChI is InChI=1S/C16H15Cl4F2N3O2/c1-7(4-8-10(17)5-11(18)13(20)12(8)19)25(27-3)16(26)9-6-24(2)23-14(9)15(21)22/h5-7,15H,4H2,1-3H3. The highest BCUT2D eigenvalue weighted by molar-refractivity contribution is 6.49. The Balaban J connectivity index is 2.33. The van der Waals surface area contributed by atoms with Gasteiger partial charge in [0.25, 0.3) is 12.3 Å². The fourth-order valence-electron chi connectivity index (χ4n) is 2.58. The van der Waals surface area contributed by atoms with E-state index >= 15 is 0 Å². The maximum Gasteiger partial charge on any atom is 0.282 e. The highest BCUT2D eigenvalue weighted by Gasteiger charge is 2.30. The van der Waals surface area contributed by atoms with Gasteiger partial charge < -0.3 is 0 Å². The summed E-state index contributed by atoms with van der Waals surface area (Å²) in [4.78, 5) is 17.9. The molecule has 27 heavy (non-hydrogen) atoms. The Bertz CT molecular complexity index is 861. The van der Waals surface area contributed by atoms with Crippen LogP contribution in [0.25, 0.3) is 0 Å². The van der Waals surface area contributed by atoms with E-state index in [4.69, 9.17) is 51.2 Å². The van der Waals surface area contributed by atoms with E-state index in [2.05, 4.69) is 5.10 Å². The Morgan fingerprint density at radius 2 is 1.89 bits per heavy atom. The molecule has 0 saturated carbocycles. The zero-order valence-electron chi connectivity index (χ0n) is 14.4. The summed E-state index contributed by atoms with van der Waals surface area (Å²) in [6, 6.07) is 0.828. The summed E-state index contributed by atoms with van der Waals surface area (Å²) in [6.45, 7) is 1.65. The van der Waals surface area contributed by atoms with E-state index in [-0.39, 0.29) is 32.1 Å². The third-order valence-electron chi connectivity index (χ3n) is 3.80. The van der Waals surface area contributed by atoms with E-state index in [1.165, 1.54) is 26.4 Å². The van der Waals surface area contributed by atoms with Gasteiger partial charge in [0.05, 0.1) is 33.8 Å². The Morgan fingerprint density at radius 1 is 1.26 bits per heavy atom. The monoisotopic (exact) mass is 459 g/mol. The lowest BCUT2D eigenvalue weighted by atomic mass is 10.1. The van der Waals surface area contributed by atoms with Crippen LogP contribution in [-0.4, -0.2) is 33.9 Å². The smallest absolute Gasteiger partial charge is 0.275 e. The van der Waals surface area contributed by atoms with Crippen molar-refractivity contribution in [3.05, 3.63) is 49.2 Å². The van der Waals surface area contributed by atoms with E-state index in [9.17, 15) is 13.6 Å². The molecule has 5 nitrogen and oxygen atoms in total. The van der Waals surface area contributed by atoms with E-state index in [0.29, 0.717) is 5.56 Å². The fourth-order valence-corrected chi connectivity index (χ4v) is 3.67. The van der Waals surface area contributed by atoms with E-state index in [1.54, 1.807) is 6.92 Å². The lowest BCUT2D eigenvalue weighted by Crippen LogP contribution is -2.39. The van der Waals surface area contributed by atoms with Crippen molar-refractivity contribution < 1.29 is 18.4 Å². The molecule has 1 aromatic heterocycles. The van der Waals surface area contributed by atoms with E-state index in [1.807, 2.05) is 0 Å². The van der Waals surface area contributed by atoms with Gasteiger partial charge in [-0.2, -0.15) is 5.10 Å². The van der Waals surface area contributed by atoms with Crippen LogP contribution in [0.3, 0.4) is 0 Å². The number of aromatic nitrogens is 2. The normalized spacial score (nSPS) is 12.5. The van der Waals surface area contributed by atoms with Crippen molar-refractivity contribution in [2.24, 2.45) is 7.05 Å². The topological polar surface area (TPSA) is 47.4 Å². The first-order valence-electron chi connectivity index (χ1n) is 7.59. The average Bonchev–Trinajstić information content (AvgIpc) is 2.99. The minimum Gasteiger partial charge on any atom is -0.275 e. The van der Waals surface area contributed by atoms with Crippen LogP contribution >= 0.6 is 46.4 Å². The largest absolute Gasteiger partial charge is 0.282 e. The lowest BCUT2D eigenvalue weighted by Gasteiger charge is -2.27. The number of carbonyl (C=O) groups is 1. The van der Waals surface area contributed by atoms with Crippen LogP contribution in [0.5, 0.6) is 0 Å². The van der Waals surface area contributed by atoms with Crippen LogP contribution in [0.15, 0.2) is 12.3 Å². The van der Waals surface area contributed by atoms with Gasteiger partial charge in [-0.3, -0.25) is 14.3 Å². The minimum atomic E-state index is -2.90. The third-order valence-corrected chi connectivity index (χ3v) is 5.44. The molecule has 1 aromatic carbocycles. The maximum absolute atomic E-state index is 13.2. The third kappa shape index (κ3) is 4.66. The first kappa shape index (κ1) is 22.2. The number of nitrogens with zero attached hydrogens (tertiary/aromatic N) is 3. The number of halogens is 6. The van der Waals surface area contributed by atoms with Crippen molar-refractivity contribution in [1.29, 1.82) is 0 Å². The van der Waals surface area contributed by atoms with Crippen molar-refractivity contribution in [3.8, 4) is 0 Å². The number of hydrogen-bond donors (Lipinski definition) is 0. The Hall–Kier alpha value is -1.12. The maximum atomic E-state index is 13.2. The van der Waals surface area contributed by atoms with E-state index < -0.39 is 24.1 Å². The van der Waals surface area contributed by atoms with Gasteiger partial charge in [-0.25, -0.2) is 13.8 Å². The molecule has 0 saturated heterocycles. The molecule has 0 aliphatic carbocycles. The first-order chi connectivity index (χ1) is 12.6. The highest BCUT2D eigenvalue weighted by Crippen LogP contribution is 2.38. The molecule has 148 valence electrons. The molecule has 0 bridgehead atoms. The summed E-state index contributed by atoms with van der Waals surface area (Å²) in [5, 5.41) is 5.33. The van der Waals surface area contributed by atoms with Gasteiger partial charge in [-0.15, -0.1) is 0 Å². The molecule has 0 N–H and O–H groups in total. The molecule has 0 aliphatic rings. The van der Waals surface area contributed by atoms with Crippen LogP contribution in [0.2, 0.25) is 20.1 Å². The lowest BCUT2D eigenvalue weighted by molar-refractivity contribution is -0.119. The molecule has 0 radical (unpaired) electrons. The summed E-state index contributed by atoms with van der Waals surface area (Å²) in [7, 11) is 2.70. The summed E-state index contributed by atoms with van der Waals surface area (Å²) in [5.41, 5.74) is -0.426. The Kier molecular flexibility index (Phi) is 7.33. The van der Waals surface area contributed by atoms with Crippen LogP contribution < -0.4 is 0 Å². The van der Waals surface area contributed by atoms with Crippen LogP contribution in [0.1, 0.15) is 35.0 Å². The van der Waals surface area contributed by atoms with Crippen LogP contribution in [0.4, 0.5) is 8.78 Å². The number of benzene rings is 1. The zero-order chi connectivity index (χ0) is 20.5. The highest BCUT2D eigenvalue weighted by atomic mass is 35.5. The zero-order valence-corrected chi connectivity index (χ0v) is 17.5. The Morgan fingerprint density at radius 3 is 2.44 bits per heavy atom. The molecule has 0 aliphatic heterocycles. The van der Waals surface area contributed by atoms with Gasteiger partial charge in [0, 0.05) is 18.3 Å². The number of carbonyl (C=O) groups excluding carboxylic acids is 1. The van der Waals surface area contributed by atoms with Crippen LogP contribution in [-0.2, 0) is 18.3 Å². The molecule has 1 amide bonds. The van der Waals surface area contributed by atoms with Crippen molar-refractivity contribution in [3.63, 3.8) is 0 Å². The number of alkyl halides is 2. The number of amides is 1. The quantitative estimate of drug-likeness (QED) is 0.320. The molecule has 2 aromatic rings. The van der Waals surface area contributed by atoms with E-state index in [0.717, 1.165) is 9.75 Å². The van der Waals surface area contributed by atoms with Crippen molar-refractivity contribution >= 4 is 52.3 Å². The van der Waals surface area contributed by atoms with Gasteiger partial charge in [0.15, 0.2) is 0 Å². The predicted molar refractivity (Wildman–Crippen MR) is 101 cm³/mol. The molecule has 1 unspecified atom stereocenters. The minimum absolute atomic E-state index is 0.132. The molecule has 2 rings (SSSR count). The molecule has 1 atom stereocenters. The molecule has 0 fully saturated rings. The van der Waals surface area contributed by atoms with Crippen molar-refractivity contribution in [2.45, 2.75) is 25.8 Å². The summed E-state index contributed by atoms with van der Waals surface area (Å²) < 4.78 is 27.4. The summed E-state index contributed by atoms with van der Waals surface area (Å²) in [6.07, 6.45) is -1.54. The molecule has 1 heterocycles. The number of aryl methyl sites for hydroxylation is 1. The predicted octanol–water partition coefficient (Wildman–Crippen LogP) is 5.61. The van der Waals surface area contributed by atoms with Gasteiger partial charge in [-0.05, 0) is 25.0 Å². The van der Waals surface area contributed by atoms with Gasteiger partial charge >= 0.3 is 0 Å². The van der Waals surface area contributed by atoms with Gasteiger partial charge in [-0.1, -0.05) is 46.4 Å². The number of rotatable bonds is 6. The number of hydroxylamine groups is 2. The summed E-state index contributed by atoms with van der Waals surface area (Å²) in [5.74, 6) is -0.763. The SMILES string of the molecule is CON(C(=O)c1cn(C)nc1C(F)F)C(C)Cc1c(Cl)cc(Cl)c(Cl)c1Cl. The fraction of sp³-hybridized carbons (Fsp3) is 0.375. The van der Waals surface area contributed by atoms with Crippen molar-refractivity contribution in [2.75, 3.05) is 7.11 Å². The second-order valence-corrected chi connectivity index (χ2v) is 7.29.